The summed E-state index contributed by atoms with van der Waals surface area (Å²) in [5.41, 5.74) is 1.24. The Morgan fingerprint density at radius 2 is 1.82 bits per heavy atom. The topological polar surface area (TPSA) is 18.5 Å². The van der Waals surface area contributed by atoms with Crippen molar-refractivity contribution in [1.82, 2.24) is 0 Å². The predicted octanol–water partition coefficient (Wildman–Crippen LogP) is 3.80. The van der Waals surface area contributed by atoms with Crippen LogP contribution in [0.3, 0.4) is 0 Å². The van der Waals surface area contributed by atoms with Gasteiger partial charge in [-0.3, -0.25) is 0 Å². The van der Waals surface area contributed by atoms with Gasteiger partial charge in [-0.1, -0.05) is 18.2 Å². The molecule has 1 aliphatic rings. The van der Waals surface area contributed by atoms with Crippen LogP contribution in [-0.2, 0) is 6.42 Å². The van der Waals surface area contributed by atoms with Crippen molar-refractivity contribution in [2.45, 2.75) is 12.8 Å². The summed E-state index contributed by atoms with van der Waals surface area (Å²) in [7, 11) is 0. The monoisotopic (exact) mass is 226 g/mol. The third kappa shape index (κ3) is 2.26. The van der Waals surface area contributed by atoms with Gasteiger partial charge in [-0.15, -0.1) is 0 Å². The van der Waals surface area contributed by atoms with Crippen molar-refractivity contribution in [1.29, 1.82) is 0 Å². The first-order valence-corrected chi connectivity index (χ1v) is 5.90. The quantitative estimate of drug-likeness (QED) is 0.775. The molecule has 0 saturated heterocycles. The molecule has 2 aromatic rings. The van der Waals surface area contributed by atoms with Gasteiger partial charge in [-0.05, 0) is 48.7 Å². The summed E-state index contributed by atoms with van der Waals surface area (Å²) in [6.45, 7) is 0.825. The molecular formula is C15H14O2. The van der Waals surface area contributed by atoms with Gasteiger partial charge in [0.15, 0.2) is 0 Å². The fraction of sp³-hybridized carbons (Fsp3) is 0.200. The van der Waals surface area contributed by atoms with Crippen LogP contribution in [0.5, 0.6) is 17.2 Å². The molecule has 0 unspecified atom stereocenters. The minimum Gasteiger partial charge on any atom is -0.493 e. The minimum absolute atomic E-state index is 0.825. The average Bonchev–Trinajstić information content (AvgIpc) is 2.40. The average molecular weight is 226 g/mol. The van der Waals surface area contributed by atoms with Crippen LogP contribution in [0.2, 0.25) is 0 Å². The maximum Gasteiger partial charge on any atom is 0.127 e. The fourth-order valence-corrected chi connectivity index (χ4v) is 2.02. The number of ether oxygens (including phenoxy) is 2. The van der Waals surface area contributed by atoms with E-state index in [-0.39, 0.29) is 0 Å². The SMILES string of the molecule is c1ccc(Oc2ccc3c(c2)CCCO3)cc1. The van der Waals surface area contributed by atoms with Crippen LogP contribution in [-0.4, -0.2) is 6.61 Å². The van der Waals surface area contributed by atoms with Crippen LogP contribution in [0.15, 0.2) is 48.5 Å². The molecule has 0 bridgehead atoms. The lowest BCUT2D eigenvalue weighted by Crippen LogP contribution is -2.07. The van der Waals surface area contributed by atoms with E-state index in [4.69, 9.17) is 9.47 Å². The second kappa shape index (κ2) is 4.50. The van der Waals surface area contributed by atoms with Crippen molar-refractivity contribution < 1.29 is 9.47 Å². The van der Waals surface area contributed by atoms with Crippen molar-refractivity contribution >= 4 is 0 Å². The Bertz CT molecular complexity index is 506. The summed E-state index contributed by atoms with van der Waals surface area (Å²) in [5, 5.41) is 0. The van der Waals surface area contributed by atoms with Gasteiger partial charge in [-0.2, -0.15) is 0 Å². The maximum atomic E-state index is 5.79. The normalized spacial score (nSPS) is 13.6. The molecule has 0 fully saturated rings. The maximum absolute atomic E-state index is 5.79. The molecule has 0 radical (unpaired) electrons. The van der Waals surface area contributed by atoms with E-state index in [1.54, 1.807) is 0 Å². The lowest BCUT2D eigenvalue weighted by Gasteiger charge is -2.17. The molecule has 0 spiro atoms. The van der Waals surface area contributed by atoms with Crippen LogP contribution in [0.1, 0.15) is 12.0 Å². The molecular weight excluding hydrogens is 212 g/mol. The summed E-state index contributed by atoms with van der Waals surface area (Å²) < 4.78 is 11.4. The van der Waals surface area contributed by atoms with Crippen molar-refractivity contribution in [3.63, 3.8) is 0 Å². The highest BCUT2D eigenvalue weighted by atomic mass is 16.5. The largest absolute Gasteiger partial charge is 0.493 e. The zero-order valence-corrected chi connectivity index (χ0v) is 9.56. The number of fused-ring (bicyclic) bond motifs is 1. The van der Waals surface area contributed by atoms with Crippen LogP contribution in [0.4, 0.5) is 0 Å². The van der Waals surface area contributed by atoms with Gasteiger partial charge in [0.2, 0.25) is 0 Å². The standard InChI is InChI=1S/C15H14O2/c1-2-6-13(7-3-1)17-14-8-9-15-12(11-14)5-4-10-16-15/h1-3,6-9,11H,4-5,10H2. The van der Waals surface area contributed by atoms with Gasteiger partial charge in [0.25, 0.3) is 0 Å². The molecule has 1 aliphatic heterocycles. The molecule has 2 heteroatoms. The second-order valence-corrected chi connectivity index (χ2v) is 4.14. The Morgan fingerprint density at radius 3 is 2.71 bits per heavy atom. The van der Waals surface area contributed by atoms with Crippen LogP contribution >= 0.6 is 0 Å². The van der Waals surface area contributed by atoms with Crippen LogP contribution in [0.25, 0.3) is 0 Å². The summed E-state index contributed by atoms with van der Waals surface area (Å²) in [5.74, 6) is 2.74. The van der Waals surface area contributed by atoms with E-state index < -0.39 is 0 Å². The highest BCUT2D eigenvalue weighted by molar-refractivity contribution is 5.43. The zero-order valence-electron chi connectivity index (χ0n) is 9.56. The molecule has 3 rings (SSSR count). The van der Waals surface area contributed by atoms with E-state index in [2.05, 4.69) is 6.07 Å². The van der Waals surface area contributed by atoms with Crippen LogP contribution in [0, 0.1) is 0 Å². The summed E-state index contributed by atoms with van der Waals surface area (Å²) >= 11 is 0. The lowest BCUT2D eigenvalue weighted by atomic mass is 10.1. The van der Waals surface area contributed by atoms with Crippen molar-refractivity contribution in [2.75, 3.05) is 6.61 Å². The van der Waals surface area contributed by atoms with Crippen molar-refractivity contribution in [3.05, 3.63) is 54.1 Å². The van der Waals surface area contributed by atoms with Gasteiger partial charge in [0.05, 0.1) is 6.61 Å². The second-order valence-electron chi connectivity index (χ2n) is 4.14. The van der Waals surface area contributed by atoms with Gasteiger partial charge < -0.3 is 9.47 Å². The van der Waals surface area contributed by atoms with Crippen molar-refractivity contribution in [3.8, 4) is 17.2 Å². The molecule has 0 aliphatic carbocycles. The molecule has 0 aromatic heterocycles. The highest BCUT2D eigenvalue weighted by Crippen LogP contribution is 2.30. The molecule has 0 saturated carbocycles. The van der Waals surface area contributed by atoms with E-state index in [1.165, 1.54) is 5.56 Å². The van der Waals surface area contributed by atoms with E-state index in [0.717, 1.165) is 36.7 Å². The molecule has 2 aromatic carbocycles. The third-order valence-electron chi connectivity index (χ3n) is 2.86. The fourth-order valence-electron chi connectivity index (χ4n) is 2.02. The zero-order chi connectivity index (χ0) is 11.5. The first-order chi connectivity index (χ1) is 8.42. The summed E-state index contributed by atoms with van der Waals surface area (Å²) in [6, 6.07) is 15.8. The predicted molar refractivity (Wildman–Crippen MR) is 66.8 cm³/mol. The van der Waals surface area contributed by atoms with E-state index in [1.807, 2.05) is 42.5 Å². The molecule has 2 nitrogen and oxygen atoms in total. The van der Waals surface area contributed by atoms with Crippen molar-refractivity contribution in [2.24, 2.45) is 0 Å². The van der Waals surface area contributed by atoms with E-state index >= 15 is 0 Å². The number of hydrogen-bond donors (Lipinski definition) is 0. The highest BCUT2D eigenvalue weighted by Gasteiger charge is 2.11. The Balaban J connectivity index is 1.84. The molecule has 0 atom stereocenters. The first-order valence-electron chi connectivity index (χ1n) is 5.90. The van der Waals surface area contributed by atoms with Gasteiger partial charge in [-0.25, -0.2) is 0 Å². The third-order valence-corrected chi connectivity index (χ3v) is 2.86. The Hall–Kier alpha value is -1.96. The number of para-hydroxylation sites is 1. The number of aryl methyl sites for hydroxylation is 1. The number of hydrogen-bond acceptors (Lipinski definition) is 2. The Morgan fingerprint density at radius 1 is 0.941 bits per heavy atom. The summed E-state index contributed by atoms with van der Waals surface area (Å²) in [4.78, 5) is 0. The van der Waals surface area contributed by atoms with Gasteiger partial charge in [0, 0.05) is 0 Å². The number of benzene rings is 2. The van der Waals surface area contributed by atoms with E-state index in [0.29, 0.717) is 0 Å². The Labute approximate surface area is 101 Å². The van der Waals surface area contributed by atoms with Crippen LogP contribution < -0.4 is 9.47 Å². The lowest BCUT2D eigenvalue weighted by molar-refractivity contribution is 0.287. The molecule has 86 valence electrons. The first kappa shape index (κ1) is 10.2. The molecule has 0 amide bonds. The van der Waals surface area contributed by atoms with Gasteiger partial charge in [0.1, 0.15) is 17.2 Å². The number of rotatable bonds is 2. The minimum atomic E-state index is 0.825. The molecule has 0 N–H and O–H groups in total. The Kier molecular flexibility index (Phi) is 2.70. The van der Waals surface area contributed by atoms with E-state index in [9.17, 15) is 0 Å². The van der Waals surface area contributed by atoms with Gasteiger partial charge >= 0.3 is 0 Å². The summed E-state index contributed by atoms with van der Waals surface area (Å²) in [6.07, 6.45) is 2.16. The smallest absolute Gasteiger partial charge is 0.127 e. The molecule has 17 heavy (non-hydrogen) atoms. The molecule has 1 heterocycles.